The molecule has 1 amide bonds. The van der Waals surface area contributed by atoms with Gasteiger partial charge in [0.1, 0.15) is 6.10 Å². The van der Waals surface area contributed by atoms with Crippen molar-refractivity contribution in [2.45, 2.75) is 25.9 Å². The second kappa shape index (κ2) is 7.25. The first-order valence-corrected chi connectivity index (χ1v) is 9.34. The number of likely N-dealkylation sites (tertiary alicyclic amines) is 1. The SMILES string of the molecule is Cc1ccc(OC2CCCN(C(=O)c3cc(-c4cccs4)on3)C2)nn1. The maximum atomic E-state index is 12.7. The maximum Gasteiger partial charge on any atom is 0.276 e. The van der Waals surface area contributed by atoms with Crippen molar-refractivity contribution < 1.29 is 14.1 Å². The monoisotopic (exact) mass is 370 g/mol. The predicted molar refractivity (Wildman–Crippen MR) is 96.1 cm³/mol. The van der Waals surface area contributed by atoms with Crippen LogP contribution in [0, 0.1) is 6.92 Å². The van der Waals surface area contributed by atoms with Crippen LogP contribution in [0.2, 0.25) is 0 Å². The zero-order chi connectivity index (χ0) is 17.9. The van der Waals surface area contributed by atoms with Crippen LogP contribution in [0.1, 0.15) is 29.0 Å². The second-order valence-electron chi connectivity index (χ2n) is 6.20. The van der Waals surface area contributed by atoms with Crippen LogP contribution in [0.25, 0.3) is 10.6 Å². The number of aromatic nitrogens is 3. The van der Waals surface area contributed by atoms with Gasteiger partial charge >= 0.3 is 0 Å². The minimum Gasteiger partial charge on any atom is -0.471 e. The highest BCUT2D eigenvalue weighted by molar-refractivity contribution is 7.13. The van der Waals surface area contributed by atoms with Crippen molar-refractivity contribution in [3.8, 4) is 16.5 Å². The summed E-state index contributed by atoms with van der Waals surface area (Å²) in [7, 11) is 0. The summed E-state index contributed by atoms with van der Waals surface area (Å²) in [5.41, 5.74) is 1.16. The van der Waals surface area contributed by atoms with E-state index in [0.717, 1.165) is 23.4 Å². The topological polar surface area (TPSA) is 81.4 Å². The lowest BCUT2D eigenvalue weighted by atomic mass is 10.1. The molecule has 4 rings (SSSR count). The Morgan fingerprint density at radius 1 is 1.35 bits per heavy atom. The van der Waals surface area contributed by atoms with Crippen molar-refractivity contribution in [3.63, 3.8) is 0 Å². The number of amides is 1. The fourth-order valence-corrected chi connectivity index (χ4v) is 3.59. The Morgan fingerprint density at radius 3 is 3.04 bits per heavy atom. The number of hydrogen-bond acceptors (Lipinski definition) is 7. The van der Waals surface area contributed by atoms with Gasteiger partial charge in [0.2, 0.25) is 5.88 Å². The molecule has 3 aromatic rings. The molecule has 0 saturated carbocycles. The molecule has 1 fully saturated rings. The van der Waals surface area contributed by atoms with Crippen molar-refractivity contribution in [2.24, 2.45) is 0 Å². The largest absolute Gasteiger partial charge is 0.471 e. The van der Waals surface area contributed by atoms with E-state index in [0.29, 0.717) is 30.4 Å². The van der Waals surface area contributed by atoms with Gasteiger partial charge in [-0.3, -0.25) is 4.79 Å². The van der Waals surface area contributed by atoms with Crippen molar-refractivity contribution >= 4 is 17.2 Å². The van der Waals surface area contributed by atoms with Crippen LogP contribution < -0.4 is 4.74 Å². The van der Waals surface area contributed by atoms with E-state index >= 15 is 0 Å². The van der Waals surface area contributed by atoms with Crippen molar-refractivity contribution in [2.75, 3.05) is 13.1 Å². The van der Waals surface area contributed by atoms with E-state index in [-0.39, 0.29) is 12.0 Å². The molecule has 1 saturated heterocycles. The maximum absolute atomic E-state index is 12.7. The van der Waals surface area contributed by atoms with E-state index in [2.05, 4.69) is 15.4 Å². The highest BCUT2D eigenvalue weighted by atomic mass is 32.1. The summed E-state index contributed by atoms with van der Waals surface area (Å²) in [5.74, 6) is 0.958. The van der Waals surface area contributed by atoms with Gasteiger partial charge in [0, 0.05) is 18.7 Å². The Balaban J connectivity index is 1.42. The summed E-state index contributed by atoms with van der Waals surface area (Å²) < 4.78 is 11.2. The van der Waals surface area contributed by atoms with Crippen LogP contribution in [0.3, 0.4) is 0 Å². The number of carbonyl (C=O) groups excluding carboxylic acids is 1. The molecule has 1 aliphatic heterocycles. The predicted octanol–water partition coefficient (Wildman–Crippen LogP) is 3.19. The summed E-state index contributed by atoms with van der Waals surface area (Å²) in [4.78, 5) is 15.5. The van der Waals surface area contributed by atoms with Crippen LogP contribution in [0.5, 0.6) is 5.88 Å². The molecule has 1 unspecified atom stereocenters. The van der Waals surface area contributed by atoms with Gasteiger partial charge in [0.05, 0.1) is 17.1 Å². The van der Waals surface area contributed by atoms with Gasteiger partial charge in [0.15, 0.2) is 11.5 Å². The Morgan fingerprint density at radius 2 is 2.27 bits per heavy atom. The Hall–Kier alpha value is -2.74. The molecule has 1 aliphatic rings. The number of thiophene rings is 1. The van der Waals surface area contributed by atoms with Gasteiger partial charge in [-0.15, -0.1) is 16.4 Å². The minimum atomic E-state index is -0.139. The van der Waals surface area contributed by atoms with E-state index in [1.54, 1.807) is 28.4 Å². The average molecular weight is 370 g/mol. The van der Waals surface area contributed by atoms with Gasteiger partial charge in [-0.2, -0.15) is 5.10 Å². The van der Waals surface area contributed by atoms with Crippen molar-refractivity contribution in [3.05, 3.63) is 47.1 Å². The highest BCUT2D eigenvalue weighted by Gasteiger charge is 2.28. The molecule has 26 heavy (non-hydrogen) atoms. The fourth-order valence-electron chi connectivity index (χ4n) is 2.91. The summed E-state index contributed by atoms with van der Waals surface area (Å²) in [6.07, 6.45) is 1.64. The third kappa shape index (κ3) is 3.60. The lowest BCUT2D eigenvalue weighted by Crippen LogP contribution is -2.44. The van der Waals surface area contributed by atoms with E-state index in [9.17, 15) is 4.79 Å². The number of carbonyl (C=O) groups is 1. The van der Waals surface area contributed by atoms with Crippen LogP contribution in [0.15, 0.2) is 40.2 Å². The van der Waals surface area contributed by atoms with Crippen LogP contribution >= 0.6 is 11.3 Å². The van der Waals surface area contributed by atoms with Crippen LogP contribution in [-0.2, 0) is 0 Å². The third-order valence-electron chi connectivity index (χ3n) is 4.22. The first-order chi connectivity index (χ1) is 12.7. The molecular weight excluding hydrogens is 352 g/mol. The van der Waals surface area contributed by atoms with Gasteiger partial charge in [-0.05, 0) is 37.3 Å². The Kier molecular flexibility index (Phi) is 4.66. The molecule has 7 nitrogen and oxygen atoms in total. The number of aryl methyl sites for hydroxylation is 1. The molecule has 0 aromatic carbocycles. The first-order valence-electron chi connectivity index (χ1n) is 8.46. The highest BCUT2D eigenvalue weighted by Crippen LogP contribution is 2.26. The van der Waals surface area contributed by atoms with Crippen molar-refractivity contribution in [1.82, 2.24) is 20.3 Å². The lowest BCUT2D eigenvalue weighted by molar-refractivity contribution is 0.0516. The Bertz CT molecular complexity index is 876. The standard InChI is InChI=1S/C18H18N4O3S/c1-12-6-7-17(20-19-12)24-13-4-2-8-22(11-13)18(23)14-10-15(25-21-14)16-5-3-9-26-16/h3,5-7,9-10,13H,2,4,8,11H2,1H3. The Labute approximate surface area is 154 Å². The second-order valence-corrected chi connectivity index (χ2v) is 7.15. The van der Waals surface area contributed by atoms with Gasteiger partial charge in [0.25, 0.3) is 5.91 Å². The van der Waals surface area contributed by atoms with E-state index < -0.39 is 0 Å². The zero-order valence-corrected chi connectivity index (χ0v) is 15.1. The summed E-state index contributed by atoms with van der Waals surface area (Å²) in [5, 5.41) is 13.9. The molecule has 0 N–H and O–H groups in total. The smallest absolute Gasteiger partial charge is 0.276 e. The molecule has 134 valence electrons. The molecule has 0 spiro atoms. The molecule has 3 aromatic heterocycles. The normalized spacial score (nSPS) is 17.3. The molecule has 8 heteroatoms. The number of ether oxygens (including phenoxy) is 1. The molecular formula is C18H18N4O3S. The number of nitrogens with zero attached hydrogens (tertiary/aromatic N) is 4. The summed E-state index contributed by atoms with van der Waals surface area (Å²) in [6.45, 7) is 3.05. The van der Waals surface area contributed by atoms with Gasteiger partial charge < -0.3 is 14.2 Å². The summed E-state index contributed by atoms with van der Waals surface area (Å²) >= 11 is 1.55. The van der Waals surface area contributed by atoms with Crippen LogP contribution in [0.4, 0.5) is 0 Å². The van der Waals surface area contributed by atoms with Crippen molar-refractivity contribution in [1.29, 1.82) is 0 Å². The first kappa shape index (κ1) is 16.7. The molecule has 0 bridgehead atoms. The lowest BCUT2D eigenvalue weighted by Gasteiger charge is -2.32. The molecule has 4 heterocycles. The van der Waals surface area contributed by atoms with Gasteiger partial charge in [-0.25, -0.2) is 0 Å². The van der Waals surface area contributed by atoms with Crippen LogP contribution in [-0.4, -0.2) is 45.4 Å². The molecule has 1 atom stereocenters. The van der Waals surface area contributed by atoms with E-state index in [1.807, 2.05) is 30.5 Å². The minimum absolute atomic E-state index is 0.103. The molecule has 0 aliphatic carbocycles. The van der Waals surface area contributed by atoms with E-state index in [1.165, 1.54) is 0 Å². The van der Waals surface area contributed by atoms with Gasteiger partial charge in [-0.1, -0.05) is 11.2 Å². The fraction of sp³-hybridized carbons (Fsp3) is 0.333. The number of hydrogen-bond donors (Lipinski definition) is 0. The quantitative estimate of drug-likeness (QED) is 0.702. The summed E-state index contributed by atoms with van der Waals surface area (Å²) in [6, 6.07) is 9.23. The number of piperidine rings is 1. The average Bonchev–Trinajstić information content (AvgIpc) is 3.35. The zero-order valence-electron chi connectivity index (χ0n) is 14.3. The van der Waals surface area contributed by atoms with E-state index in [4.69, 9.17) is 9.26 Å². The number of rotatable bonds is 4. The third-order valence-corrected chi connectivity index (χ3v) is 5.10. The molecule has 0 radical (unpaired) electrons.